The molecule has 0 spiro atoms. The van der Waals surface area contributed by atoms with E-state index >= 15 is 0 Å². The summed E-state index contributed by atoms with van der Waals surface area (Å²) < 4.78 is 5.00. The zero-order chi connectivity index (χ0) is 18.8. The van der Waals surface area contributed by atoms with E-state index in [4.69, 9.17) is 27.0 Å². The molecule has 0 unspecified atom stereocenters. The lowest BCUT2D eigenvalue weighted by molar-refractivity contribution is -0.154. The number of carbonyl (C=O) groups is 2. The van der Waals surface area contributed by atoms with Crippen molar-refractivity contribution in [1.29, 1.82) is 10.8 Å². The van der Waals surface area contributed by atoms with E-state index in [1.807, 2.05) is 20.8 Å². The summed E-state index contributed by atoms with van der Waals surface area (Å²) >= 11 is 0. The van der Waals surface area contributed by atoms with Gasteiger partial charge in [0, 0.05) is 24.7 Å². The fourth-order valence-electron chi connectivity index (χ4n) is 1.25. The fraction of sp³-hybridized carbons (Fsp3) is 0.765. The van der Waals surface area contributed by atoms with Crippen LogP contribution in [0.2, 0.25) is 0 Å². The first-order valence-electron chi connectivity index (χ1n) is 7.56. The van der Waals surface area contributed by atoms with E-state index in [2.05, 4.69) is 0 Å². The maximum Gasteiger partial charge on any atom is 0.306 e. The SMILES string of the molecule is C.CC(C)(C)C(=O)CCC(=N)N.CC(C)(C)OC(=O)CCC(=N)N. The molecular formula is C17H36N4O3. The highest BCUT2D eigenvalue weighted by Gasteiger charge is 2.20. The molecule has 0 rings (SSSR count). The van der Waals surface area contributed by atoms with Crippen LogP contribution in [0.4, 0.5) is 0 Å². The van der Waals surface area contributed by atoms with Gasteiger partial charge in [-0.3, -0.25) is 20.4 Å². The number of hydrogen-bond acceptors (Lipinski definition) is 5. The second kappa shape index (κ2) is 11.6. The van der Waals surface area contributed by atoms with Crippen LogP contribution in [0.5, 0.6) is 0 Å². The quantitative estimate of drug-likeness (QED) is 0.332. The molecule has 7 heteroatoms. The predicted molar refractivity (Wildman–Crippen MR) is 99.3 cm³/mol. The van der Waals surface area contributed by atoms with Crippen LogP contribution in [0.15, 0.2) is 0 Å². The van der Waals surface area contributed by atoms with Crippen molar-refractivity contribution in [3.63, 3.8) is 0 Å². The van der Waals surface area contributed by atoms with Crippen LogP contribution >= 0.6 is 0 Å². The third kappa shape index (κ3) is 20.1. The van der Waals surface area contributed by atoms with Gasteiger partial charge < -0.3 is 16.2 Å². The van der Waals surface area contributed by atoms with Crippen molar-refractivity contribution in [2.24, 2.45) is 16.9 Å². The molecule has 0 fully saturated rings. The first kappa shape index (κ1) is 27.0. The van der Waals surface area contributed by atoms with Gasteiger partial charge in [0.15, 0.2) is 0 Å². The average Bonchev–Trinajstić information content (AvgIpc) is 2.30. The molecule has 0 aliphatic rings. The van der Waals surface area contributed by atoms with Gasteiger partial charge in [-0.15, -0.1) is 0 Å². The van der Waals surface area contributed by atoms with Crippen LogP contribution in [0.25, 0.3) is 0 Å². The van der Waals surface area contributed by atoms with Gasteiger partial charge in [0.05, 0.1) is 18.1 Å². The summed E-state index contributed by atoms with van der Waals surface area (Å²) in [6.07, 6.45) is 1.23. The standard InChI is InChI=1S/C8H16N2O2.C8H16N2O.CH4/c1-8(2,3)12-7(11)5-4-6(9)10;1-8(2,3)6(11)4-5-7(9)10;/h4-5H2,1-3H3,(H3,9,10);4-5H2,1-3H3,(H3,9,10);1H4. The lowest BCUT2D eigenvalue weighted by Crippen LogP contribution is -2.24. The van der Waals surface area contributed by atoms with E-state index < -0.39 is 5.60 Å². The molecule has 0 aliphatic carbocycles. The van der Waals surface area contributed by atoms with Crippen LogP contribution in [0.3, 0.4) is 0 Å². The summed E-state index contributed by atoms with van der Waals surface area (Å²) in [6, 6.07) is 0. The van der Waals surface area contributed by atoms with Crippen molar-refractivity contribution >= 4 is 23.4 Å². The molecule has 0 heterocycles. The molecule has 7 nitrogen and oxygen atoms in total. The van der Waals surface area contributed by atoms with E-state index in [1.54, 1.807) is 20.8 Å². The Hall–Kier alpha value is -1.92. The number of hydrogen-bond donors (Lipinski definition) is 4. The number of ether oxygens (including phenoxy) is 1. The van der Waals surface area contributed by atoms with Gasteiger partial charge in [-0.05, 0) is 20.8 Å². The van der Waals surface area contributed by atoms with Crippen LogP contribution in [0.1, 0.15) is 74.7 Å². The third-order valence-electron chi connectivity index (χ3n) is 2.48. The van der Waals surface area contributed by atoms with Crippen LogP contribution in [-0.4, -0.2) is 29.0 Å². The van der Waals surface area contributed by atoms with Crippen molar-refractivity contribution < 1.29 is 14.3 Å². The number of amidine groups is 2. The van der Waals surface area contributed by atoms with Crippen molar-refractivity contribution in [1.82, 2.24) is 0 Å². The lowest BCUT2D eigenvalue weighted by atomic mass is 9.88. The molecule has 0 amide bonds. The Morgan fingerprint density at radius 1 is 0.833 bits per heavy atom. The Morgan fingerprint density at radius 3 is 1.50 bits per heavy atom. The molecule has 6 N–H and O–H groups in total. The number of nitrogens with one attached hydrogen (secondary N) is 2. The molecule has 0 saturated carbocycles. The molecule has 0 aromatic carbocycles. The second-order valence-electron chi connectivity index (χ2n) is 7.31. The van der Waals surface area contributed by atoms with Gasteiger partial charge >= 0.3 is 5.97 Å². The molecule has 0 aliphatic heterocycles. The Bertz CT molecular complexity index is 432. The first-order chi connectivity index (χ1) is 10.1. The van der Waals surface area contributed by atoms with Gasteiger partial charge in [0.2, 0.25) is 0 Å². The minimum atomic E-state index is -0.451. The third-order valence-corrected chi connectivity index (χ3v) is 2.48. The average molecular weight is 345 g/mol. The Morgan fingerprint density at radius 2 is 1.21 bits per heavy atom. The van der Waals surface area contributed by atoms with Gasteiger partial charge in [-0.2, -0.15) is 0 Å². The number of carbonyl (C=O) groups excluding carboxylic acids is 2. The molecule has 0 aromatic heterocycles. The van der Waals surface area contributed by atoms with Crippen molar-refractivity contribution in [3.8, 4) is 0 Å². The molecular weight excluding hydrogens is 308 g/mol. The monoisotopic (exact) mass is 344 g/mol. The van der Waals surface area contributed by atoms with E-state index in [1.165, 1.54) is 0 Å². The predicted octanol–water partition coefficient (Wildman–Crippen LogP) is 3.00. The number of nitrogens with two attached hydrogens (primary N) is 2. The van der Waals surface area contributed by atoms with E-state index in [-0.39, 0.29) is 49.1 Å². The Labute approximate surface area is 146 Å². The topological polar surface area (TPSA) is 143 Å². The fourth-order valence-corrected chi connectivity index (χ4v) is 1.25. The Balaban J connectivity index is -0.000000354. The van der Waals surface area contributed by atoms with Crippen molar-refractivity contribution in [3.05, 3.63) is 0 Å². The zero-order valence-corrected chi connectivity index (χ0v) is 15.2. The molecule has 0 aromatic rings. The highest BCUT2D eigenvalue weighted by molar-refractivity contribution is 5.88. The summed E-state index contributed by atoms with van der Waals surface area (Å²) in [7, 11) is 0. The molecule has 24 heavy (non-hydrogen) atoms. The summed E-state index contributed by atoms with van der Waals surface area (Å²) in [5, 5.41) is 13.8. The maximum atomic E-state index is 11.2. The van der Waals surface area contributed by atoms with Crippen molar-refractivity contribution in [2.45, 2.75) is 80.3 Å². The minimum Gasteiger partial charge on any atom is -0.460 e. The zero-order valence-electron chi connectivity index (χ0n) is 15.2. The number of esters is 1. The van der Waals surface area contributed by atoms with Gasteiger partial charge in [-0.25, -0.2) is 0 Å². The van der Waals surface area contributed by atoms with E-state index in [9.17, 15) is 9.59 Å². The normalized spacial score (nSPS) is 10.6. The smallest absolute Gasteiger partial charge is 0.306 e. The molecule has 0 saturated heterocycles. The van der Waals surface area contributed by atoms with Gasteiger partial charge in [0.25, 0.3) is 0 Å². The lowest BCUT2D eigenvalue weighted by Gasteiger charge is -2.19. The summed E-state index contributed by atoms with van der Waals surface area (Å²) in [5.41, 5.74) is 9.45. The Kier molecular flexibility index (Phi) is 13.0. The van der Waals surface area contributed by atoms with Gasteiger partial charge in [0.1, 0.15) is 11.4 Å². The summed E-state index contributed by atoms with van der Waals surface area (Å²) in [4.78, 5) is 22.2. The van der Waals surface area contributed by atoms with E-state index in [0.717, 1.165) is 0 Å². The van der Waals surface area contributed by atoms with Crippen LogP contribution < -0.4 is 11.5 Å². The summed E-state index contributed by atoms with van der Waals surface area (Å²) in [5.74, 6) is -0.0474. The second-order valence-corrected chi connectivity index (χ2v) is 7.31. The van der Waals surface area contributed by atoms with E-state index in [0.29, 0.717) is 12.8 Å². The van der Waals surface area contributed by atoms with Crippen LogP contribution in [-0.2, 0) is 14.3 Å². The van der Waals surface area contributed by atoms with Gasteiger partial charge in [-0.1, -0.05) is 28.2 Å². The first-order valence-corrected chi connectivity index (χ1v) is 7.56. The number of ketones is 1. The minimum absolute atomic E-state index is 0. The largest absolute Gasteiger partial charge is 0.460 e. The van der Waals surface area contributed by atoms with Crippen molar-refractivity contribution in [2.75, 3.05) is 0 Å². The highest BCUT2D eigenvalue weighted by Crippen LogP contribution is 2.17. The number of Topliss-reactive ketones (excluding diaryl/α,β-unsaturated/α-hetero) is 1. The van der Waals surface area contributed by atoms with Crippen LogP contribution in [0, 0.1) is 16.2 Å². The molecule has 0 atom stereocenters. The highest BCUT2D eigenvalue weighted by atomic mass is 16.6. The molecule has 0 radical (unpaired) electrons. The molecule has 0 bridgehead atoms. The number of rotatable bonds is 6. The summed E-state index contributed by atoms with van der Waals surface area (Å²) in [6.45, 7) is 11.0. The molecule has 142 valence electrons. The maximum absolute atomic E-state index is 11.2.